The van der Waals surface area contributed by atoms with E-state index in [4.69, 9.17) is 28.1 Å². The van der Waals surface area contributed by atoms with Gasteiger partial charge in [0.2, 0.25) is 0 Å². The monoisotopic (exact) mass is 613 g/mol. The minimum absolute atomic E-state index is 0.00888. The van der Waals surface area contributed by atoms with Gasteiger partial charge in [-0.25, -0.2) is 9.78 Å². The molecule has 2 atom stereocenters. The van der Waals surface area contributed by atoms with Crippen molar-refractivity contribution >= 4 is 62.1 Å². The molecule has 0 saturated carbocycles. The zero-order chi connectivity index (χ0) is 29.2. The standard InChI is InChI=1S/C22H22N6O5S2.H2O4S/c1-33-26-15(13-10-35-22(23)24-13)18(29)25-16-19(30)28-17(21(31)32)12(9-34-20(16)28)8-27-7-3-5-11-4-2-6-14(11)27;1-5(2,3)4/h3,5,7,10,16,20H,2,4,6,8-9H2,1H3,(H3-,23,24,25,29,31,32);(H2,1,2,3,4)/p+1. The zero-order valence-electron chi connectivity index (χ0n) is 20.9. The Labute approximate surface area is 236 Å². The summed E-state index contributed by atoms with van der Waals surface area (Å²) in [5.74, 6) is -1.86. The maximum Gasteiger partial charge on any atom is 0.394 e. The molecule has 2 amide bonds. The molecular formula is C22H25N6O9S3+. The lowest BCUT2D eigenvalue weighted by Gasteiger charge is -2.49. The number of amides is 2. The Bertz CT molecular complexity index is 1510. The first kappa shape index (κ1) is 29.4. The topological polar surface area (TPSA) is 226 Å². The minimum atomic E-state index is -4.67. The quantitative estimate of drug-likeness (QED) is 0.0887. The van der Waals surface area contributed by atoms with Crippen LogP contribution in [0.15, 0.2) is 40.1 Å². The van der Waals surface area contributed by atoms with Gasteiger partial charge < -0.3 is 21.0 Å². The molecule has 2 unspecified atom stereocenters. The highest BCUT2D eigenvalue weighted by atomic mass is 32.3. The average Bonchev–Trinajstić information content (AvgIpc) is 3.53. The van der Waals surface area contributed by atoms with E-state index in [-0.39, 0.29) is 22.2 Å². The Kier molecular flexibility index (Phi) is 8.74. The summed E-state index contributed by atoms with van der Waals surface area (Å²) in [6.45, 7) is 0.404. The van der Waals surface area contributed by atoms with E-state index in [2.05, 4.69) is 26.1 Å². The second kappa shape index (κ2) is 11.9. The molecule has 40 heavy (non-hydrogen) atoms. The van der Waals surface area contributed by atoms with Crippen LogP contribution in [0, 0.1) is 0 Å². The summed E-state index contributed by atoms with van der Waals surface area (Å²) in [6, 6.07) is 3.18. The summed E-state index contributed by atoms with van der Waals surface area (Å²) in [5, 5.41) is 17.7. The Morgan fingerprint density at radius 2 is 2.08 bits per heavy atom. The van der Waals surface area contributed by atoms with Crippen LogP contribution < -0.4 is 15.6 Å². The molecule has 5 rings (SSSR count). The maximum atomic E-state index is 13.0. The number of carboxylic acids is 1. The van der Waals surface area contributed by atoms with Gasteiger partial charge in [-0.2, -0.15) is 13.0 Å². The molecule has 1 aliphatic carbocycles. The Balaban J connectivity index is 0.000000681. The zero-order valence-corrected chi connectivity index (χ0v) is 23.3. The van der Waals surface area contributed by atoms with Crippen molar-refractivity contribution < 1.29 is 46.4 Å². The first-order valence-corrected chi connectivity index (χ1v) is 14.9. The van der Waals surface area contributed by atoms with Gasteiger partial charge in [0.1, 0.15) is 29.9 Å². The number of carboxylic acid groups (broad SMARTS) is 1. The van der Waals surface area contributed by atoms with Crippen molar-refractivity contribution in [1.82, 2.24) is 15.2 Å². The summed E-state index contributed by atoms with van der Waals surface area (Å²) in [5.41, 5.74) is 8.92. The van der Waals surface area contributed by atoms with E-state index < -0.39 is 39.6 Å². The highest BCUT2D eigenvalue weighted by molar-refractivity contribution is 8.00. The number of β-lactam (4-membered cyclic amide) rings is 1. The fraction of sp³-hybridized carbons (Fsp3) is 0.364. The number of anilines is 1. The van der Waals surface area contributed by atoms with Gasteiger partial charge in [0, 0.05) is 34.8 Å². The van der Waals surface area contributed by atoms with Crippen LogP contribution in [-0.2, 0) is 49.0 Å². The summed E-state index contributed by atoms with van der Waals surface area (Å²) in [7, 11) is -3.37. The third kappa shape index (κ3) is 6.41. The number of hydrogen-bond donors (Lipinski definition) is 5. The van der Waals surface area contributed by atoms with Gasteiger partial charge in [0.25, 0.3) is 11.8 Å². The van der Waals surface area contributed by atoms with Gasteiger partial charge in [-0.3, -0.25) is 23.6 Å². The lowest BCUT2D eigenvalue weighted by Crippen LogP contribution is -2.71. The Morgan fingerprint density at radius 1 is 1.35 bits per heavy atom. The summed E-state index contributed by atoms with van der Waals surface area (Å²) < 4.78 is 33.7. The summed E-state index contributed by atoms with van der Waals surface area (Å²) >= 11 is 2.57. The number of nitrogen functional groups attached to an aromatic ring is 1. The van der Waals surface area contributed by atoms with Crippen molar-refractivity contribution in [3.8, 4) is 0 Å². The lowest BCUT2D eigenvalue weighted by molar-refractivity contribution is -0.696. The number of hydrogen-bond acceptors (Lipinski definition) is 11. The van der Waals surface area contributed by atoms with Crippen LogP contribution >= 0.6 is 23.1 Å². The molecule has 15 nitrogen and oxygen atoms in total. The highest BCUT2D eigenvalue weighted by Gasteiger charge is 2.55. The molecule has 1 saturated heterocycles. The van der Waals surface area contributed by atoms with Crippen LogP contribution in [0.4, 0.5) is 5.13 Å². The fourth-order valence-corrected chi connectivity index (χ4v) is 6.56. The number of aryl methyl sites for hydroxylation is 1. The molecule has 0 aromatic carbocycles. The maximum absolute atomic E-state index is 13.0. The first-order valence-electron chi connectivity index (χ1n) is 11.6. The molecule has 18 heteroatoms. The van der Waals surface area contributed by atoms with E-state index in [1.165, 1.54) is 35.0 Å². The van der Waals surface area contributed by atoms with Crippen LogP contribution in [0.5, 0.6) is 0 Å². The molecule has 1 fully saturated rings. The van der Waals surface area contributed by atoms with E-state index in [9.17, 15) is 19.5 Å². The molecular weight excluding hydrogens is 588 g/mol. The number of oxime groups is 1. The second-order valence-corrected chi connectivity index (χ2v) is 11.6. The lowest BCUT2D eigenvalue weighted by atomic mass is 10.0. The SMILES string of the molecule is CON=C(C(=O)NC1C(=O)N2C(C(=O)O)=C(C[n+]3cccc4c3CCC4)CSC12)c1csc(N)n1.O=S(=O)(O)O. The van der Waals surface area contributed by atoms with Crippen molar-refractivity contribution in [2.75, 3.05) is 18.6 Å². The highest BCUT2D eigenvalue weighted by Crippen LogP contribution is 2.40. The number of fused-ring (bicyclic) bond motifs is 2. The van der Waals surface area contributed by atoms with E-state index in [0.29, 0.717) is 17.9 Å². The predicted molar refractivity (Wildman–Crippen MR) is 143 cm³/mol. The number of rotatable bonds is 7. The number of aliphatic carboxylic acids is 1. The minimum Gasteiger partial charge on any atom is -0.477 e. The van der Waals surface area contributed by atoms with E-state index in [1.54, 1.807) is 5.38 Å². The van der Waals surface area contributed by atoms with Crippen molar-refractivity contribution in [3.05, 3.63) is 51.9 Å². The predicted octanol–water partition coefficient (Wildman–Crippen LogP) is -0.362. The molecule has 3 aliphatic rings. The average molecular weight is 614 g/mol. The molecule has 6 N–H and O–H groups in total. The van der Waals surface area contributed by atoms with E-state index in [0.717, 1.165) is 30.6 Å². The summed E-state index contributed by atoms with van der Waals surface area (Å²) in [4.78, 5) is 48.2. The first-order chi connectivity index (χ1) is 18.9. The van der Waals surface area contributed by atoms with Gasteiger partial charge in [-0.15, -0.1) is 23.1 Å². The molecule has 4 heterocycles. The van der Waals surface area contributed by atoms with Crippen LogP contribution in [0.25, 0.3) is 0 Å². The Hall–Kier alpha value is -3.58. The van der Waals surface area contributed by atoms with Gasteiger partial charge >= 0.3 is 16.4 Å². The molecule has 214 valence electrons. The molecule has 0 radical (unpaired) electrons. The normalized spacial score (nSPS) is 20.1. The van der Waals surface area contributed by atoms with Crippen molar-refractivity contribution in [1.29, 1.82) is 0 Å². The van der Waals surface area contributed by atoms with Crippen LogP contribution in [0.3, 0.4) is 0 Å². The van der Waals surface area contributed by atoms with Crippen molar-refractivity contribution in [2.45, 2.75) is 37.2 Å². The number of aromatic nitrogens is 2. The number of carbonyl (C=O) groups is 3. The Morgan fingerprint density at radius 3 is 2.70 bits per heavy atom. The van der Waals surface area contributed by atoms with E-state index >= 15 is 0 Å². The van der Waals surface area contributed by atoms with Crippen LogP contribution in [0.2, 0.25) is 0 Å². The number of pyridine rings is 1. The summed E-state index contributed by atoms with van der Waals surface area (Å²) in [6.07, 6.45) is 5.01. The molecule has 0 bridgehead atoms. The van der Waals surface area contributed by atoms with Crippen LogP contribution in [0.1, 0.15) is 23.4 Å². The van der Waals surface area contributed by atoms with Gasteiger partial charge in [0.15, 0.2) is 29.3 Å². The van der Waals surface area contributed by atoms with Crippen LogP contribution in [-0.4, -0.2) is 80.3 Å². The number of nitrogens with one attached hydrogen (secondary N) is 1. The number of carbonyl (C=O) groups excluding carboxylic acids is 2. The van der Waals surface area contributed by atoms with Gasteiger partial charge in [0.05, 0.1) is 0 Å². The number of thiazole rings is 1. The van der Waals surface area contributed by atoms with Gasteiger partial charge in [-0.05, 0) is 18.9 Å². The van der Waals surface area contributed by atoms with Crippen molar-refractivity contribution in [3.63, 3.8) is 0 Å². The van der Waals surface area contributed by atoms with E-state index in [1.807, 2.05) is 12.3 Å². The second-order valence-electron chi connectivity index (χ2n) is 8.72. The fourth-order valence-electron chi connectivity index (χ4n) is 4.67. The number of nitrogens with two attached hydrogens (primary N) is 1. The largest absolute Gasteiger partial charge is 0.477 e. The smallest absolute Gasteiger partial charge is 0.394 e. The van der Waals surface area contributed by atoms with Gasteiger partial charge in [-0.1, -0.05) is 5.16 Å². The molecule has 2 aromatic heterocycles. The number of nitrogens with zero attached hydrogens (tertiary/aromatic N) is 4. The molecule has 2 aromatic rings. The molecule has 0 spiro atoms. The molecule has 2 aliphatic heterocycles. The third-order valence-corrected chi connectivity index (χ3v) is 8.21. The number of thioether (sulfide) groups is 1. The third-order valence-electron chi connectivity index (χ3n) is 6.20. The van der Waals surface area contributed by atoms with Crippen molar-refractivity contribution in [2.24, 2.45) is 5.16 Å².